The summed E-state index contributed by atoms with van der Waals surface area (Å²) in [5.74, 6) is 0.857. The van der Waals surface area contributed by atoms with Gasteiger partial charge in [0.05, 0.1) is 6.54 Å². The van der Waals surface area contributed by atoms with E-state index in [4.69, 9.17) is 4.74 Å². The van der Waals surface area contributed by atoms with E-state index in [0.717, 1.165) is 19.4 Å². The van der Waals surface area contributed by atoms with E-state index in [-0.39, 0.29) is 0 Å². The summed E-state index contributed by atoms with van der Waals surface area (Å²) in [4.78, 5) is 0. The molecule has 0 amide bonds. The number of nitrogens with zero attached hydrogens (tertiary/aromatic N) is 2. The van der Waals surface area contributed by atoms with Gasteiger partial charge in [-0.25, -0.2) is 0 Å². The normalized spacial score (nSPS) is 10.5. The zero-order valence-corrected chi connectivity index (χ0v) is 13.5. The van der Waals surface area contributed by atoms with Crippen LogP contribution in [0.2, 0.25) is 0 Å². The minimum Gasteiger partial charge on any atom is -0.492 e. The molecule has 6 heteroatoms. The van der Waals surface area contributed by atoms with E-state index in [1.807, 2.05) is 35.0 Å². The monoisotopic (exact) mass is 422 g/mol. The van der Waals surface area contributed by atoms with E-state index in [1.165, 1.54) is 0 Å². The van der Waals surface area contributed by atoms with E-state index in [9.17, 15) is 0 Å². The van der Waals surface area contributed by atoms with Gasteiger partial charge in [0.2, 0.25) is 0 Å². The Bertz CT molecular complexity index is 496. The highest BCUT2D eigenvalue weighted by Crippen LogP contribution is 2.18. The quantitative estimate of drug-likeness (QED) is 0.733. The molecule has 2 rings (SSSR count). The predicted molar refractivity (Wildman–Crippen MR) is 77.3 cm³/mol. The average molecular weight is 425 g/mol. The van der Waals surface area contributed by atoms with Crippen LogP contribution in [0.15, 0.2) is 44.0 Å². The molecule has 0 aliphatic carbocycles. The zero-order chi connectivity index (χ0) is 12.3. The van der Waals surface area contributed by atoms with Crippen molar-refractivity contribution in [2.24, 2.45) is 0 Å². The van der Waals surface area contributed by atoms with Crippen LogP contribution >= 0.6 is 47.8 Å². The summed E-state index contributed by atoms with van der Waals surface area (Å²) in [5, 5.41) is 4.25. The molecule has 0 saturated carbocycles. The Labute approximate surface area is 125 Å². The molecule has 3 nitrogen and oxygen atoms in total. The summed E-state index contributed by atoms with van der Waals surface area (Å²) >= 11 is 10.1. The van der Waals surface area contributed by atoms with Crippen LogP contribution in [0.5, 0.6) is 5.75 Å². The van der Waals surface area contributed by atoms with Crippen molar-refractivity contribution in [3.63, 3.8) is 0 Å². The molecule has 0 bridgehead atoms. The molecular weight excluding hydrogens is 416 g/mol. The first-order chi connectivity index (χ1) is 8.15. The van der Waals surface area contributed by atoms with Gasteiger partial charge in [-0.05, 0) is 56.1 Å². The van der Waals surface area contributed by atoms with E-state index in [2.05, 4.69) is 52.9 Å². The lowest BCUT2D eigenvalue weighted by atomic mass is 10.3. The van der Waals surface area contributed by atoms with Crippen LogP contribution < -0.4 is 4.74 Å². The molecule has 0 N–H and O–H groups in total. The first kappa shape index (κ1) is 13.1. The molecule has 0 aliphatic rings. The van der Waals surface area contributed by atoms with Gasteiger partial charge in [-0.1, -0.05) is 15.9 Å². The van der Waals surface area contributed by atoms with Crippen molar-refractivity contribution < 1.29 is 4.74 Å². The van der Waals surface area contributed by atoms with E-state index >= 15 is 0 Å². The van der Waals surface area contributed by atoms with Crippen molar-refractivity contribution >= 4 is 47.8 Å². The Hall–Kier alpha value is -0.330. The van der Waals surface area contributed by atoms with Crippen molar-refractivity contribution in [3.8, 4) is 5.75 Å². The smallest absolute Gasteiger partial charge is 0.129 e. The van der Waals surface area contributed by atoms with Gasteiger partial charge in [0.25, 0.3) is 0 Å². The molecule has 2 aromatic rings. The van der Waals surface area contributed by atoms with Gasteiger partial charge in [-0.3, -0.25) is 4.68 Å². The van der Waals surface area contributed by atoms with Crippen molar-refractivity contribution in [2.45, 2.75) is 6.54 Å². The van der Waals surface area contributed by atoms with Gasteiger partial charge < -0.3 is 4.74 Å². The fourth-order valence-corrected chi connectivity index (χ4v) is 2.76. The summed E-state index contributed by atoms with van der Waals surface area (Å²) in [7, 11) is 0. The molecule has 1 aromatic heterocycles. The number of hydrogen-bond donors (Lipinski definition) is 0. The molecule has 1 heterocycles. The summed E-state index contributed by atoms with van der Waals surface area (Å²) in [5.41, 5.74) is 0. The molecule has 0 unspecified atom stereocenters. The van der Waals surface area contributed by atoms with Gasteiger partial charge in [0.1, 0.15) is 21.6 Å². The number of rotatable bonds is 4. The molecule has 0 spiro atoms. The second-order valence-electron chi connectivity index (χ2n) is 3.32. The number of aromatic nitrogens is 2. The third-order valence-electron chi connectivity index (χ3n) is 2.09. The summed E-state index contributed by atoms with van der Waals surface area (Å²) in [6, 6.07) is 9.67. The Morgan fingerprint density at radius 2 is 1.82 bits per heavy atom. The SMILES string of the molecule is Brc1ccc(OCCn2nc(Br)cc2Br)cc1. The highest BCUT2D eigenvalue weighted by Gasteiger charge is 2.03. The maximum atomic E-state index is 5.61. The first-order valence-corrected chi connectivity index (χ1v) is 7.30. The summed E-state index contributed by atoms with van der Waals surface area (Å²) in [6.07, 6.45) is 0. The Kier molecular flexibility index (Phi) is 4.64. The fraction of sp³-hybridized carbons (Fsp3) is 0.182. The third-order valence-corrected chi connectivity index (χ3v) is 3.64. The van der Waals surface area contributed by atoms with Crippen molar-refractivity contribution in [3.05, 3.63) is 44.0 Å². The van der Waals surface area contributed by atoms with Gasteiger partial charge in [0, 0.05) is 10.5 Å². The van der Waals surface area contributed by atoms with Gasteiger partial charge >= 0.3 is 0 Å². The van der Waals surface area contributed by atoms with Crippen LogP contribution in [0.4, 0.5) is 0 Å². The molecule has 0 saturated heterocycles. The standard InChI is InChI=1S/C11H9Br3N2O/c12-8-1-3-9(4-2-8)17-6-5-16-11(14)7-10(13)15-16/h1-4,7H,5-6H2. The molecule has 0 radical (unpaired) electrons. The number of halogens is 3. The average Bonchev–Trinajstić information content (AvgIpc) is 2.60. The van der Waals surface area contributed by atoms with Gasteiger partial charge in [0.15, 0.2) is 0 Å². The molecule has 0 aliphatic heterocycles. The van der Waals surface area contributed by atoms with Crippen molar-refractivity contribution in [2.75, 3.05) is 6.61 Å². The lowest BCUT2D eigenvalue weighted by Gasteiger charge is -2.07. The second kappa shape index (κ2) is 6.02. The second-order valence-corrected chi connectivity index (χ2v) is 5.86. The van der Waals surface area contributed by atoms with Crippen LogP contribution in [0, 0.1) is 0 Å². The van der Waals surface area contributed by atoms with Crippen LogP contribution in [0.25, 0.3) is 0 Å². The molecule has 1 aromatic carbocycles. The molecule has 17 heavy (non-hydrogen) atoms. The maximum absolute atomic E-state index is 5.61. The zero-order valence-electron chi connectivity index (χ0n) is 8.74. The summed E-state index contributed by atoms with van der Waals surface area (Å²) < 4.78 is 10.2. The highest BCUT2D eigenvalue weighted by atomic mass is 79.9. The lowest BCUT2D eigenvalue weighted by Crippen LogP contribution is -2.09. The van der Waals surface area contributed by atoms with Gasteiger partial charge in [-0.2, -0.15) is 5.10 Å². The minimum absolute atomic E-state index is 0.578. The van der Waals surface area contributed by atoms with Crippen LogP contribution in [-0.4, -0.2) is 16.4 Å². The lowest BCUT2D eigenvalue weighted by molar-refractivity contribution is 0.289. The number of hydrogen-bond acceptors (Lipinski definition) is 2. The van der Waals surface area contributed by atoms with Crippen molar-refractivity contribution in [1.82, 2.24) is 9.78 Å². The number of benzene rings is 1. The van der Waals surface area contributed by atoms with Crippen LogP contribution in [0.3, 0.4) is 0 Å². The summed E-state index contributed by atoms with van der Waals surface area (Å²) in [6.45, 7) is 1.27. The molecule has 0 atom stereocenters. The van der Waals surface area contributed by atoms with Gasteiger partial charge in [-0.15, -0.1) is 0 Å². The Morgan fingerprint density at radius 1 is 1.12 bits per heavy atom. The first-order valence-electron chi connectivity index (χ1n) is 4.92. The third kappa shape index (κ3) is 3.82. The highest BCUT2D eigenvalue weighted by molar-refractivity contribution is 9.11. The van der Waals surface area contributed by atoms with Crippen LogP contribution in [-0.2, 0) is 6.54 Å². The van der Waals surface area contributed by atoms with Crippen LogP contribution in [0.1, 0.15) is 0 Å². The predicted octanol–water partition coefficient (Wildman–Crippen LogP) is 4.25. The van der Waals surface area contributed by atoms with E-state index in [1.54, 1.807) is 0 Å². The molecular formula is C11H9Br3N2O. The van der Waals surface area contributed by atoms with E-state index in [0.29, 0.717) is 13.2 Å². The topological polar surface area (TPSA) is 27.1 Å². The molecule has 0 fully saturated rings. The Morgan fingerprint density at radius 3 is 2.41 bits per heavy atom. The minimum atomic E-state index is 0.578. The fourth-order valence-electron chi connectivity index (χ4n) is 1.30. The van der Waals surface area contributed by atoms with E-state index < -0.39 is 0 Å². The maximum Gasteiger partial charge on any atom is 0.129 e. The van der Waals surface area contributed by atoms with Crippen molar-refractivity contribution in [1.29, 1.82) is 0 Å². The largest absolute Gasteiger partial charge is 0.492 e. The Balaban J connectivity index is 1.87. The molecule has 90 valence electrons. The number of ether oxygens (including phenoxy) is 1.